The monoisotopic (exact) mass is 541 g/mol. The van der Waals surface area contributed by atoms with Crippen LogP contribution in [0, 0.1) is 17.2 Å². The van der Waals surface area contributed by atoms with Crippen LogP contribution < -0.4 is 20.3 Å². The minimum Gasteiger partial charge on any atom is -0.454 e. The maximum Gasteiger partial charge on any atom is 0.239 e. The van der Waals surface area contributed by atoms with Crippen molar-refractivity contribution < 1.29 is 18.7 Å². The van der Waals surface area contributed by atoms with Gasteiger partial charge in [0, 0.05) is 24.2 Å². The van der Waals surface area contributed by atoms with E-state index in [4.69, 9.17) is 4.74 Å². The zero-order valence-corrected chi connectivity index (χ0v) is 23.5. The number of carbonyl (C=O) groups is 2. The molecule has 40 heavy (non-hydrogen) atoms. The summed E-state index contributed by atoms with van der Waals surface area (Å²) >= 11 is 0. The van der Waals surface area contributed by atoms with E-state index in [-0.39, 0.29) is 29.4 Å². The van der Waals surface area contributed by atoms with Crippen molar-refractivity contribution in [2.45, 2.75) is 46.6 Å². The van der Waals surface area contributed by atoms with Crippen LogP contribution in [0.4, 0.5) is 15.8 Å². The molecule has 1 atom stereocenters. The van der Waals surface area contributed by atoms with Gasteiger partial charge in [-0.3, -0.25) is 9.59 Å². The highest BCUT2D eigenvalue weighted by Crippen LogP contribution is 2.48. The molecule has 1 amide bonds. The molecule has 0 aromatic heterocycles. The first kappa shape index (κ1) is 27.4. The van der Waals surface area contributed by atoms with Crippen molar-refractivity contribution in [2.24, 2.45) is 11.3 Å². The second-order valence-electron chi connectivity index (χ2n) is 11.8. The van der Waals surface area contributed by atoms with Gasteiger partial charge in [0.2, 0.25) is 5.91 Å². The molecule has 3 aromatic carbocycles. The first-order valence-corrected chi connectivity index (χ1v) is 13.8. The second kappa shape index (κ2) is 11.2. The van der Waals surface area contributed by atoms with E-state index in [0.717, 1.165) is 17.1 Å². The molecule has 1 heterocycles. The molecule has 1 unspecified atom stereocenters. The Morgan fingerprint density at radius 2 is 1.80 bits per heavy atom. The van der Waals surface area contributed by atoms with Crippen molar-refractivity contribution in [1.82, 2.24) is 5.32 Å². The number of rotatable bonds is 7. The smallest absolute Gasteiger partial charge is 0.239 e. The summed E-state index contributed by atoms with van der Waals surface area (Å²) in [6.45, 7) is 8.83. The van der Waals surface area contributed by atoms with Crippen LogP contribution in [-0.4, -0.2) is 24.8 Å². The van der Waals surface area contributed by atoms with Gasteiger partial charge in [0.15, 0.2) is 17.3 Å². The number of Topliss-reactive ketones (excluding diaryl/α,β-unsaturated/α-hetero) is 1. The van der Waals surface area contributed by atoms with Gasteiger partial charge in [-0.15, -0.1) is 0 Å². The summed E-state index contributed by atoms with van der Waals surface area (Å²) in [7, 11) is 0. The number of hydrogen-bond donors (Lipinski definition) is 2. The number of nitrogens with one attached hydrogen (secondary N) is 2. The minimum absolute atomic E-state index is 0.0130. The molecule has 0 bridgehead atoms. The van der Waals surface area contributed by atoms with Gasteiger partial charge in [0.05, 0.1) is 24.0 Å². The van der Waals surface area contributed by atoms with Crippen LogP contribution in [0.1, 0.15) is 52.1 Å². The lowest BCUT2D eigenvalue weighted by molar-refractivity contribution is -0.120. The fraction of sp³-hybridized carbons (Fsp3) is 0.333. The Kier molecular flexibility index (Phi) is 7.66. The van der Waals surface area contributed by atoms with Gasteiger partial charge in [-0.2, -0.15) is 0 Å². The number of benzene rings is 3. The lowest BCUT2D eigenvalue weighted by Crippen LogP contribution is -2.42. The molecule has 1 aliphatic carbocycles. The summed E-state index contributed by atoms with van der Waals surface area (Å²) < 4.78 is 21.0. The minimum atomic E-state index is -0.627. The van der Waals surface area contributed by atoms with Crippen molar-refractivity contribution in [3.05, 3.63) is 95.4 Å². The topological polar surface area (TPSA) is 70.7 Å². The number of fused-ring (bicyclic) bond motifs is 1. The Balaban J connectivity index is 1.66. The summed E-state index contributed by atoms with van der Waals surface area (Å²) in [5.74, 6) is 0.217. The maximum atomic E-state index is 15.0. The van der Waals surface area contributed by atoms with E-state index in [0.29, 0.717) is 42.2 Å². The van der Waals surface area contributed by atoms with Crippen LogP contribution in [0.3, 0.4) is 0 Å². The van der Waals surface area contributed by atoms with Gasteiger partial charge in [-0.1, -0.05) is 64.1 Å². The molecule has 2 aliphatic rings. The lowest BCUT2D eigenvalue weighted by atomic mass is 9.73. The van der Waals surface area contributed by atoms with Gasteiger partial charge in [-0.25, -0.2) is 4.39 Å². The van der Waals surface area contributed by atoms with Crippen molar-refractivity contribution in [2.75, 3.05) is 23.3 Å². The summed E-state index contributed by atoms with van der Waals surface area (Å²) in [4.78, 5) is 29.1. The highest BCUT2D eigenvalue weighted by molar-refractivity contribution is 6.02. The number of nitrogens with zero attached hydrogens (tertiary/aromatic N) is 1. The third kappa shape index (κ3) is 5.88. The lowest BCUT2D eigenvalue weighted by Gasteiger charge is -2.38. The standard InChI is InChI=1S/C33H36FN3O3/c1-21(2)19-35-30(39)20-37-27-13-9-8-12-25(27)36-26-17-33(3,4)18-28(38)31(26)32(37)22-14-15-24(34)29(16-22)40-23-10-6-5-7-11-23/h5-16,21,32,36H,17-20H2,1-4H3,(H,35,39). The fourth-order valence-corrected chi connectivity index (χ4v) is 5.49. The van der Waals surface area contributed by atoms with E-state index in [1.807, 2.05) is 61.2 Å². The van der Waals surface area contributed by atoms with Gasteiger partial charge in [0.1, 0.15) is 5.75 Å². The van der Waals surface area contributed by atoms with E-state index in [1.165, 1.54) is 6.07 Å². The molecule has 0 saturated heterocycles. The number of allylic oxidation sites excluding steroid dienone is 1. The third-order valence-corrected chi connectivity index (χ3v) is 7.27. The average molecular weight is 542 g/mol. The summed E-state index contributed by atoms with van der Waals surface area (Å²) in [6, 6.07) is 20.9. The number of amides is 1. The van der Waals surface area contributed by atoms with Gasteiger partial charge < -0.3 is 20.3 Å². The SMILES string of the molecule is CC(C)CNC(=O)CN1c2ccccc2NC2=C(C(=O)CC(C)(C)C2)C1c1ccc(F)c(Oc2ccccc2)c1. The van der Waals surface area contributed by atoms with Crippen LogP contribution in [0.15, 0.2) is 84.1 Å². The molecule has 1 aliphatic heterocycles. The molecule has 0 saturated carbocycles. The van der Waals surface area contributed by atoms with Crippen LogP contribution >= 0.6 is 0 Å². The van der Waals surface area contributed by atoms with Gasteiger partial charge in [-0.05, 0) is 59.7 Å². The second-order valence-corrected chi connectivity index (χ2v) is 11.8. The molecule has 0 fully saturated rings. The Labute approximate surface area is 235 Å². The molecular formula is C33H36FN3O3. The van der Waals surface area contributed by atoms with E-state index < -0.39 is 11.9 Å². The fourth-order valence-electron chi connectivity index (χ4n) is 5.49. The van der Waals surface area contributed by atoms with Crippen molar-refractivity contribution in [1.29, 1.82) is 0 Å². The number of halogens is 1. The first-order valence-electron chi connectivity index (χ1n) is 13.8. The van der Waals surface area contributed by atoms with Crippen LogP contribution in [0.25, 0.3) is 0 Å². The predicted molar refractivity (Wildman–Crippen MR) is 156 cm³/mol. The van der Waals surface area contributed by atoms with Gasteiger partial charge >= 0.3 is 0 Å². The highest BCUT2D eigenvalue weighted by atomic mass is 19.1. The van der Waals surface area contributed by atoms with Gasteiger partial charge in [0.25, 0.3) is 0 Å². The van der Waals surface area contributed by atoms with Crippen LogP contribution in [0.5, 0.6) is 11.5 Å². The van der Waals surface area contributed by atoms with Crippen molar-refractivity contribution in [3.63, 3.8) is 0 Å². The predicted octanol–water partition coefficient (Wildman–Crippen LogP) is 7.01. The molecule has 0 spiro atoms. The van der Waals surface area contributed by atoms with E-state index in [1.54, 1.807) is 24.3 Å². The largest absolute Gasteiger partial charge is 0.454 e. The number of carbonyl (C=O) groups excluding carboxylic acids is 2. The van der Waals surface area contributed by atoms with Crippen molar-refractivity contribution >= 4 is 23.1 Å². The molecule has 2 N–H and O–H groups in total. The summed E-state index contributed by atoms with van der Waals surface area (Å²) in [5.41, 5.74) is 3.49. The molecule has 208 valence electrons. The van der Waals surface area contributed by atoms with Crippen LogP contribution in [-0.2, 0) is 9.59 Å². The molecule has 5 rings (SSSR count). The number of anilines is 2. The third-order valence-electron chi connectivity index (χ3n) is 7.27. The summed E-state index contributed by atoms with van der Waals surface area (Å²) in [5, 5.41) is 6.56. The number of ketones is 1. The normalized spacial score (nSPS) is 18.0. The Morgan fingerprint density at radius 1 is 1.07 bits per heavy atom. The first-order chi connectivity index (χ1) is 19.1. The Bertz CT molecular complexity index is 1450. The Morgan fingerprint density at radius 3 is 2.55 bits per heavy atom. The number of para-hydroxylation sites is 3. The van der Waals surface area contributed by atoms with E-state index in [9.17, 15) is 9.59 Å². The zero-order valence-electron chi connectivity index (χ0n) is 23.5. The highest BCUT2D eigenvalue weighted by Gasteiger charge is 2.42. The maximum absolute atomic E-state index is 15.0. The van der Waals surface area contributed by atoms with Crippen molar-refractivity contribution in [3.8, 4) is 11.5 Å². The van der Waals surface area contributed by atoms with E-state index in [2.05, 4.69) is 24.5 Å². The quantitative estimate of drug-likeness (QED) is 0.337. The number of ether oxygens (including phenoxy) is 1. The molecule has 6 nitrogen and oxygen atoms in total. The molecular weight excluding hydrogens is 505 g/mol. The molecule has 0 radical (unpaired) electrons. The van der Waals surface area contributed by atoms with Crippen LogP contribution in [0.2, 0.25) is 0 Å². The number of hydrogen-bond acceptors (Lipinski definition) is 5. The zero-order chi connectivity index (χ0) is 28.4. The van der Waals surface area contributed by atoms with E-state index >= 15 is 4.39 Å². The summed E-state index contributed by atoms with van der Waals surface area (Å²) in [6.07, 6.45) is 1.04. The molecule has 7 heteroatoms. The Hall–Kier alpha value is -4.13. The molecule has 3 aromatic rings. The average Bonchev–Trinajstić information content (AvgIpc) is 3.03.